The van der Waals surface area contributed by atoms with E-state index in [4.69, 9.17) is 9.47 Å². The summed E-state index contributed by atoms with van der Waals surface area (Å²) in [5.74, 6) is -0.0213. The number of benzene rings is 1. The van der Waals surface area contributed by atoms with Crippen molar-refractivity contribution in [2.75, 3.05) is 36.9 Å². The number of thiophene rings is 1. The molecule has 6 rings (SSSR count). The molecule has 11 heteroatoms. The van der Waals surface area contributed by atoms with Gasteiger partial charge in [-0.3, -0.25) is 4.79 Å². The van der Waals surface area contributed by atoms with Gasteiger partial charge in [0.15, 0.2) is 0 Å². The van der Waals surface area contributed by atoms with Crippen molar-refractivity contribution >= 4 is 55.6 Å². The number of aromatic nitrogens is 3. The largest absolute Gasteiger partial charge is 0.457 e. The van der Waals surface area contributed by atoms with Crippen LogP contribution >= 0.6 is 11.3 Å². The predicted molar refractivity (Wildman–Crippen MR) is 123 cm³/mol. The monoisotopic (exact) mass is 466 g/mol. The number of fused-ring (bicyclic) bond motifs is 5. The summed E-state index contributed by atoms with van der Waals surface area (Å²) in [5.41, 5.74) is 1.59. The van der Waals surface area contributed by atoms with Crippen molar-refractivity contribution in [1.82, 2.24) is 20.3 Å². The Balaban J connectivity index is 1.34. The standard InChI is InChI=1S/C22H19FN6O3S/c23-15-9-17(29-22(27-15)32-11-5-8-31-10-11)28-16-4-1-12-13(26-16)2-3-14-18(12)19-20(33-14)21(30)25-7-6-24-19/h1-4,9,11,24H,5-8,10H2,(H,25,30)(H,26,27,28,29)/t11-/m0/s1. The highest BCUT2D eigenvalue weighted by Gasteiger charge is 2.23. The molecule has 168 valence electrons. The van der Waals surface area contributed by atoms with E-state index in [0.717, 1.165) is 26.7 Å². The van der Waals surface area contributed by atoms with Gasteiger partial charge in [0, 0.05) is 41.0 Å². The second-order valence-electron chi connectivity index (χ2n) is 7.78. The molecule has 1 amide bonds. The van der Waals surface area contributed by atoms with E-state index in [2.05, 4.69) is 30.9 Å². The Morgan fingerprint density at radius 2 is 2.03 bits per heavy atom. The number of hydrogen-bond acceptors (Lipinski definition) is 9. The minimum absolute atomic E-state index is 0.0409. The Hall–Kier alpha value is -3.57. The zero-order valence-electron chi connectivity index (χ0n) is 17.4. The number of pyridine rings is 1. The summed E-state index contributed by atoms with van der Waals surface area (Å²) in [6.07, 6.45) is 0.531. The topological polar surface area (TPSA) is 110 Å². The number of carbonyl (C=O) groups is 1. The molecule has 33 heavy (non-hydrogen) atoms. The molecule has 5 heterocycles. The first-order valence-electron chi connectivity index (χ1n) is 10.6. The third-order valence-corrected chi connectivity index (χ3v) is 6.68. The van der Waals surface area contributed by atoms with E-state index in [1.165, 1.54) is 17.4 Å². The van der Waals surface area contributed by atoms with Gasteiger partial charge in [-0.05, 0) is 24.3 Å². The van der Waals surface area contributed by atoms with Crippen molar-refractivity contribution in [1.29, 1.82) is 0 Å². The first-order valence-corrected chi connectivity index (χ1v) is 11.4. The lowest BCUT2D eigenvalue weighted by Gasteiger charge is -2.12. The Kier molecular flexibility index (Phi) is 4.92. The minimum atomic E-state index is -0.700. The normalized spacial score (nSPS) is 18.0. The maximum absolute atomic E-state index is 14.1. The van der Waals surface area contributed by atoms with Gasteiger partial charge in [-0.25, -0.2) is 4.98 Å². The van der Waals surface area contributed by atoms with Crippen molar-refractivity contribution in [2.24, 2.45) is 0 Å². The summed E-state index contributed by atoms with van der Waals surface area (Å²) in [6.45, 7) is 2.28. The molecular weight excluding hydrogens is 447 g/mol. The molecule has 3 N–H and O–H groups in total. The van der Waals surface area contributed by atoms with Crippen molar-refractivity contribution < 1.29 is 18.7 Å². The fraction of sp³-hybridized carbons (Fsp3) is 0.273. The Bertz CT molecular complexity index is 1390. The number of halogens is 1. The summed E-state index contributed by atoms with van der Waals surface area (Å²) >= 11 is 1.46. The van der Waals surface area contributed by atoms with Crippen LogP contribution < -0.4 is 20.7 Å². The molecule has 1 atom stereocenters. The van der Waals surface area contributed by atoms with Crippen LogP contribution in [0.3, 0.4) is 0 Å². The van der Waals surface area contributed by atoms with E-state index < -0.39 is 5.95 Å². The molecule has 0 radical (unpaired) electrons. The summed E-state index contributed by atoms with van der Waals surface area (Å²) in [5, 5.41) is 11.2. The smallest absolute Gasteiger partial charge is 0.321 e. The first kappa shape index (κ1) is 20.1. The Morgan fingerprint density at radius 1 is 1.12 bits per heavy atom. The fourth-order valence-electron chi connectivity index (χ4n) is 4.04. The van der Waals surface area contributed by atoms with E-state index in [0.29, 0.717) is 43.4 Å². The maximum Gasteiger partial charge on any atom is 0.321 e. The lowest BCUT2D eigenvalue weighted by Crippen LogP contribution is -2.24. The summed E-state index contributed by atoms with van der Waals surface area (Å²) in [7, 11) is 0. The SMILES string of the molecule is O=C1NCCNc2c1sc1ccc3nc(Nc4cc(F)nc(O[C@H]5CCOC5)n4)ccc3c21. The number of nitrogens with one attached hydrogen (secondary N) is 3. The average molecular weight is 466 g/mol. The zero-order chi connectivity index (χ0) is 22.4. The van der Waals surface area contributed by atoms with Crippen LogP contribution in [0.2, 0.25) is 0 Å². The molecule has 4 aromatic rings. The highest BCUT2D eigenvalue weighted by Crippen LogP contribution is 2.40. The molecule has 1 saturated heterocycles. The van der Waals surface area contributed by atoms with E-state index in [9.17, 15) is 9.18 Å². The molecule has 2 aliphatic heterocycles. The molecule has 1 fully saturated rings. The fourth-order valence-corrected chi connectivity index (χ4v) is 5.15. The molecule has 1 aromatic carbocycles. The van der Waals surface area contributed by atoms with Gasteiger partial charge in [-0.1, -0.05) is 0 Å². The quantitative estimate of drug-likeness (QED) is 0.393. The van der Waals surface area contributed by atoms with Crippen molar-refractivity contribution in [3.8, 4) is 6.01 Å². The molecular formula is C22H19FN6O3S. The maximum atomic E-state index is 14.1. The lowest BCUT2D eigenvalue weighted by atomic mass is 10.1. The number of ether oxygens (including phenoxy) is 2. The van der Waals surface area contributed by atoms with Gasteiger partial charge in [0.25, 0.3) is 5.91 Å². The zero-order valence-corrected chi connectivity index (χ0v) is 18.2. The molecule has 2 aliphatic rings. The number of anilines is 3. The van der Waals surface area contributed by atoms with E-state index in [-0.39, 0.29) is 23.8 Å². The minimum Gasteiger partial charge on any atom is -0.457 e. The van der Waals surface area contributed by atoms with Crippen molar-refractivity contribution in [2.45, 2.75) is 12.5 Å². The van der Waals surface area contributed by atoms with E-state index >= 15 is 0 Å². The number of amides is 1. The molecule has 3 aromatic heterocycles. The van der Waals surface area contributed by atoms with Gasteiger partial charge < -0.3 is 25.4 Å². The average Bonchev–Trinajstić information content (AvgIpc) is 3.40. The van der Waals surface area contributed by atoms with E-state index in [1.54, 1.807) is 6.07 Å². The van der Waals surface area contributed by atoms with E-state index in [1.807, 2.05) is 18.2 Å². The predicted octanol–water partition coefficient (Wildman–Crippen LogP) is 3.45. The highest BCUT2D eigenvalue weighted by molar-refractivity contribution is 7.21. The highest BCUT2D eigenvalue weighted by atomic mass is 32.1. The van der Waals surface area contributed by atoms with Gasteiger partial charge >= 0.3 is 6.01 Å². The third kappa shape index (κ3) is 3.79. The molecule has 0 aliphatic carbocycles. The summed E-state index contributed by atoms with van der Waals surface area (Å²) in [4.78, 5) is 25.7. The van der Waals surface area contributed by atoms with Crippen LogP contribution in [0.25, 0.3) is 21.0 Å². The van der Waals surface area contributed by atoms with Gasteiger partial charge in [-0.15, -0.1) is 11.3 Å². The van der Waals surface area contributed by atoms with Gasteiger partial charge in [0.05, 0.1) is 24.4 Å². The van der Waals surface area contributed by atoms with Crippen LogP contribution in [-0.4, -0.2) is 53.3 Å². The number of rotatable bonds is 4. The second kappa shape index (κ2) is 8.09. The van der Waals surface area contributed by atoms with Crippen LogP contribution in [0.5, 0.6) is 6.01 Å². The summed E-state index contributed by atoms with van der Waals surface area (Å²) < 4.78 is 26.0. The first-order chi connectivity index (χ1) is 16.1. The van der Waals surface area contributed by atoms with Crippen molar-refractivity contribution in [3.63, 3.8) is 0 Å². The van der Waals surface area contributed by atoms with Crippen LogP contribution in [0.4, 0.5) is 21.7 Å². The molecule has 0 unspecified atom stereocenters. The summed E-state index contributed by atoms with van der Waals surface area (Å²) in [6, 6.07) is 8.76. The molecule has 0 saturated carbocycles. The van der Waals surface area contributed by atoms with Crippen LogP contribution in [0, 0.1) is 5.95 Å². The van der Waals surface area contributed by atoms with Crippen LogP contribution in [0.15, 0.2) is 30.3 Å². The molecule has 9 nitrogen and oxygen atoms in total. The van der Waals surface area contributed by atoms with Gasteiger partial charge in [0.1, 0.15) is 22.6 Å². The van der Waals surface area contributed by atoms with Gasteiger partial charge in [-0.2, -0.15) is 14.4 Å². The van der Waals surface area contributed by atoms with Crippen molar-refractivity contribution in [3.05, 3.63) is 41.2 Å². The van der Waals surface area contributed by atoms with Gasteiger partial charge in [0.2, 0.25) is 5.95 Å². The Labute approximate surface area is 191 Å². The Morgan fingerprint density at radius 3 is 2.91 bits per heavy atom. The third-order valence-electron chi connectivity index (χ3n) is 5.53. The number of hydrogen-bond donors (Lipinski definition) is 3. The second-order valence-corrected chi connectivity index (χ2v) is 8.83. The molecule has 0 spiro atoms. The number of carbonyl (C=O) groups excluding carboxylic acids is 1. The van der Waals surface area contributed by atoms with Crippen LogP contribution in [0.1, 0.15) is 16.1 Å². The molecule has 0 bridgehead atoms. The lowest BCUT2D eigenvalue weighted by molar-refractivity contribution is 0.0962. The number of nitrogens with zero attached hydrogens (tertiary/aromatic N) is 3. The van der Waals surface area contributed by atoms with Crippen LogP contribution in [-0.2, 0) is 4.74 Å².